The fraction of sp³-hybridized carbons (Fsp3) is 0.182. The van der Waals surface area contributed by atoms with E-state index in [4.69, 9.17) is 14.2 Å². The zero-order valence-corrected chi connectivity index (χ0v) is 15.7. The minimum atomic E-state index is -0.691. The highest BCUT2D eigenvalue weighted by Gasteiger charge is 2.21. The number of benzene rings is 2. The van der Waals surface area contributed by atoms with Crippen molar-refractivity contribution in [1.82, 2.24) is 10.3 Å². The maximum atomic E-state index is 12.5. The van der Waals surface area contributed by atoms with Crippen LogP contribution in [0, 0.1) is 18.8 Å². The van der Waals surface area contributed by atoms with Gasteiger partial charge in [-0.25, -0.2) is 0 Å². The number of nitrogens with one attached hydrogen (secondary N) is 2. The van der Waals surface area contributed by atoms with Gasteiger partial charge in [-0.05, 0) is 25.1 Å². The summed E-state index contributed by atoms with van der Waals surface area (Å²) in [4.78, 5) is 27.8. The molecule has 1 aliphatic heterocycles. The Kier molecular flexibility index (Phi) is 5.08. The third-order valence-electron chi connectivity index (χ3n) is 4.44. The van der Waals surface area contributed by atoms with Gasteiger partial charge in [-0.1, -0.05) is 30.0 Å². The van der Waals surface area contributed by atoms with Crippen LogP contribution >= 0.6 is 0 Å². The molecular formula is C22H18N2O5. The standard InChI is InChI=1S/C22H18N2O5/c1-14-20(16-6-2-3-7-17(16)24-14)21(25)22(26)23-10-4-5-11-27-15-8-9-18-19(12-15)29-13-28-18/h2-3,6-9,12,24H,10-11,13H2,1H3,(H,23,26). The van der Waals surface area contributed by atoms with E-state index in [9.17, 15) is 9.59 Å². The van der Waals surface area contributed by atoms with E-state index in [1.54, 1.807) is 25.1 Å². The van der Waals surface area contributed by atoms with E-state index >= 15 is 0 Å². The maximum Gasteiger partial charge on any atom is 0.293 e. The molecule has 146 valence electrons. The summed E-state index contributed by atoms with van der Waals surface area (Å²) in [6.45, 7) is 2.17. The van der Waals surface area contributed by atoms with Crippen LogP contribution in [0.5, 0.6) is 17.2 Å². The van der Waals surface area contributed by atoms with Crippen LogP contribution in [0.25, 0.3) is 10.9 Å². The summed E-state index contributed by atoms with van der Waals surface area (Å²) in [5.74, 6) is 6.21. The molecule has 2 aromatic carbocycles. The number of Topliss-reactive ketones (excluding diaryl/α,β-unsaturated/α-hetero) is 1. The lowest BCUT2D eigenvalue weighted by Gasteiger charge is -2.03. The van der Waals surface area contributed by atoms with Crippen LogP contribution in [-0.4, -0.2) is 36.6 Å². The van der Waals surface area contributed by atoms with Crippen LogP contribution < -0.4 is 19.5 Å². The number of aromatic amines is 1. The van der Waals surface area contributed by atoms with Gasteiger partial charge in [0.1, 0.15) is 12.4 Å². The van der Waals surface area contributed by atoms with Crippen LogP contribution in [-0.2, 0) is 4.79 Å². The van der Waals surface area contributed by atoms with Crippen molar-refractivity contribution in [1.29, 1.82) is 0 Å². The number of ether oxygens (including phenoxy) is 3. The number of amides is 1. The summed E-state index contributed by atoms with van der Waals surface area (Å²) in [6.07, 6.45) is 0. The normalized spacial score (nSPS) is 11.6. The first-order valence-electron chi connectivity index (χ1n) is 9.01. The second kappa shape index (κ2) is 7.98. The molecule has 0 radical (unpaired) electrons. The van der Waals surface area contributed by atoms with Crippen molar-refractivity contribution in [2.75, 3.05) is 19.9 Å². The zero-order valence-electron chi connectivity index (χ0n) is 15.7. The van der Waals surface area contributed by atoms with Crippen molar-refractivity contribution in [3.8, 4) is 29.1 Å². The second-order valence-electron chi connectivity index (χ2n) is 6.34. The molecule has 0 fully saturated rings. The van der Waals surface area contributed by atoms with Crippen molar-refractivity contribution in [3.05, 3.63) is 53.7 Å². The summed E-state index contributed by atoms with van der Waals surface area (Å²) in [6, 6.07) is 12.6. The fourth-order valence-electron chi connectivity index (χ4n) is 3.09. The van der Waals surface area contributed by atoms with E-state index in [0.29, 0.717) is 28.5 Å². The molecule has 1 aromatic heterocycles. The van der Waals surface area contributed by atoms with Gasteiger partial charge in [0.15, 0.2) is 11.5 Å². The Morgan fingerprint density at radius 1 is 1.14 bits per heavy atom. The quantitative estimate of drug-likeness (QED) is 0.397. The molecule has 0 saturated carbocycles. The number of aryl methyl sites for hydroxylation is 1. The molecule has 0 unspecified atom stereocenters. The van der Waals surface area contributed by atoms with E-state index in [-0.39, 0.29) is 19.9 Å². The summed E-state index contributed by atoms with van der Waals surface area (Å²) in [5.41, 5.74) is 1.87. The second-order valence-corrected chi connectivity index (χ2v) is 6.34. The molecule has 0 atom stereocenters. The number of ketones is 1. The lowest BCUT2D eigenvalue weighted by Crippen LogP contribution is -2.31. The third-order valence-corrected chi connectivity index (χ3v) is 4.44. The Balaban J connectivity index is 1.29. The van der Waals surface area contributed by atoms with Gasteiger partial charge in [0.2, 0.25) is 6.79 Å². The van der Waals surface area contributed by atoms with Gasteiger partial charge >= 0.3 is 0 Å². The number of hydrogen-bond acceptors (Lipinski definition) is 5. The number of carbonyl (C=O) groups excluding carboxylic acids is 2. The Bertz CT molecular complexity index is 1150. The van der Waals surface area contributed by atoms with Crippen molar-refractivity contribution < 1.29 is 23.8 Å². The molecular weight excluding hydrogens is 372 g/mol. The number of hydrogen-bond donors (Lipinski definition) is 2. The van der Waals surface area contributed by atoms with Crippen molar-refractivity contribution in [2.45, 2.75) is 6.92 Å². The summed E-state index contributed by atoms with van der Waals surface area (Å²) in [7, 11) is 0. The highest BCUT2D eigenvalue weighted by atomic mass is 16.7. The molecule has 7 nitrogen and oxygen atoms in total. The minimum Gasteiger partial charge on any atom is -0.481 e. The van der Waals surface area contributed by atoms with Crippen molar-refractivity contribution >= 4 is 22.6 Å². The first-order chi connectivity index (χ1) is 14.1. The molecule has 3 aromatic rings. The fourth-order valence-corrected chi connectivity index (χ4v) is 3.09. The Hall–Kier alpha value is -3.92. The summed E-state index contributed by atoms with van der Waals surface area (Å²) < 4.78 is 16.0. The first kappa shape index (κ1) is 18.4. The topological polar surface area (TPSA) is 89.7 Å². The first-order valence-corrected chi connectivity index (χ1v) is 9.01. The zero-order chi connectivity index (χ0) is 20.2. The SMILES string of the molecule is Cc1[nH]c2ccccc2c1C(=O)C(=O)NCC#CCOc1ccc2c(c1)OCO2. The van der Waals surface area contributed by atoms with Crippen LogP contribution in [0.2, 0.25) is 0 Å². The predicted octanol–water partition coefficient (Wildman–Crippen LogP) is 2.59. The predicted molar refractivity (Wildman–Crippen MR) is 106 cm³/mol. The number of aromatic nitrogens is 1. The Labute approximate surface area is 167 Å². The number of rotatable bonds is 5. The molecule has 4 rings (SSSR count). The molecule has 1 amide bonds. The van der Waals surface area contributed by atoms with Gasteiger partial charge < -0.3 is 24.5 Å². The molecule has 1 aliphatic rings. The smallest absolute Gasteiger partial charge is 0.293 e. The highest BCUT2D eigenvalue weighted by Crippen LogP contribution is 2.34. The van der Waals surface area contributed by atoms with Crippen LogP contribution in [0.4, 0.5) is 0 Å². The largest absolute Gasteiger partial charge is 0.481 e. The molecule has 0 aliphatic carbocycles. The van der Waals surface area contributed by atoms with Gasteiger partial charge in [0.25, 0.3) is 11.7 Å². The minimum absolute atomic E-state index is 0.0521. The summed E-state index contributed by atoms with van der Waals surface area (Å²) >= 11 is 0. The van der Waals surface area contributed by atoms with Crippen LogP contribution in [0.15, 0.2) is 42.5 Å². The maximum absolute atomic E-state index is 12.5. The molecule has 2 N–H and O–H groups in total. The van der Waals surface area contributed by atoms with Gasteiger partial charge in [-0.15, -0.1) is 0 Å². The van der Waals surface area contributed by atoms with E-state index in [2.05, 4.69) is 22.1 Å². The molecule has 0 saturated heterocycles. The average Bonchev–Trinajstić information content (AvgIpc) is 3.32. The van der Waals surface area contributed by atoms with E-state index in [1.165, 1.54) is 0 Å². The van der Waals surface area contributed by atoms with Gasteiger partial charge in [-0.2, -0.15) is 0 Å². The van der Waals surface area contributed by atoms with Crippen molar-refractivity contribution in [2.24, 2.45) is 0 Å². The molecule has 0 bridgehead atoms. The third kappa shape index (κ3) is 3.87. The Morgan fingerprint density at radius 3 is 2.86 bits per heavy atom. The molecule has 2 heterocycles. The Morgan fingerprint density at radius 2 is 1.97 bits per heavy atom. The van der Waals surface area contributed by atoms with E-state index in [0.717, 1.165) is 10.9 Å². The van der Waals surface area contributed by atoms with E-state index < -0.39 is 11.7 Å². The van der Waals surface area contributed by atoms with Gasteiger partial charge in [0.05, 0.1) is 12.1 Å². The van der Waals surface area contributed by atoms with Gasteiger partial charge in [0, 0.05) is 22.7 Å². The van der Waals surface area contributed by atoms with E-state index in [1.807, 2.05) is 24.3 Å². The van der Waals surface area contributed by atoms with Gasteiger partial charge in [-0.3, -0.25) is 9.59 Å². The summed E-state index contributed by atoms with van der Waals surface area (Å²) in [5, 5.41) is 3.26. The molecule has 29 heavy (non-hydrogen) atoms. The van der Waals surface area contributed by atoms with Crippen LogP contribution in [0.1, 0.15) is 16.1 Å². The number of carbonyl (C=O) groups is 2. The monoisotopic (exact) mass is 390 g/mol. The molecule has 7 heteroatoms. The number of fused-ring (bicyclic) bond motifs is 2. The number of para-hydroxylation sites is 1. The lowest BCUT2D eigenvalue weighted by molar-refractivity contribution is -0.116. The lowest BCUT2D eigenvalue weighted by atomic mass is 10.1. The number of H-pyrrole nitrogens is 1. The highest BCUT2D eigenvalue weighted by molar-refractivity contribution is 6.45. The average molecular weight is 390 g/mol. The van der Waals surface area contributed by atoms with Crippen LogP contribution in [0.3, 0.4) is 0 Å². The molecule has 0 spiro atoms. The van der Waals surface area contributed by atoms with Crippen molar-refractivity contribution in [3.63, 3.8) is 0 Å².